The first-order valence-corrected chi connectivity index (χ1v) is 7.17. The highest BCUT2D eigenvalue weighted by molar-refractivity contribution is 5.59. The predicted octanol–water partition coefficient (Wildman–Crippen LogP) is 3.04. The summed E-state index contributed by atoms with van der Waals surface area (Å²) in [6, 6.07) is 8.32. The Balaban J connectivity index is 2.07. The highest BCUT2D eigenvalue weighted by Gasteiger charge is 2.06. The largest absolute Gasteiger partial charge is 0.385 e. The lowest BCUT2D eigenvalue weighted by Gasteiger charge is -2.14. The Hall–Kier alpha value is -2.01. The molecule has 1 heterocycles. The van der Waals surface area contributed by atoms with Gasteiger partial charge in [0.25, 0.3) is 0 Å². The number of hydrogen-bond acceptors (Lipinski definition) is 4. The number of benzene rings is 1. The van der Waals surface area contributed by atoms with Crippen LogP contribution in [0.4, 0.5) is 17.3 Å². The van der Waals surface area contributed by atoms with Crippen molar-refractivity contribution < 1.29 is 4.74 Å². The number of aryl methyl sites for hydroxylation is 2. The number of aromatic nitrogens is 2. The molecule has 1 N–H and O–H groups in total. The van der Waals surface area contributed by atoms with Crippen molar-refractivity contribution in [3.63, 3.8) is 0 Å². The molecule has 2 aromatic rings. The number of rotatable bonds is 7. The van der Waals surface area contributed by atoms with Crippen LogP contribution in [-0.2, 0) is 11.3 Å². The minimum Gasteiger partial charge on any atom is -0.385 e. The molecule has 0 unspecified atom stereocenters. The Morgan fingerprint density at radius 2 is 1.95 bits per heavy atom. The van der Waals surface area contributed by atoms with E-state index in [-0.39, 0.29) is 0 Å². The number of anilines is 3. The van der Waals surface area contributed by atoms with Gasteiger partial charge in [0.1, 0.15) is 0 Å². The number of ether oxygens (including phenoxy) is 1. The van der Waals surface area contributed by atoms with Crippen molar-refractivity contribution in [3.8, 4) is 0 Å². The molecular formula is C16H24N4O. The van der Waals surface area contributed by atoms with E-state index in [4.69, 9.17) is 4.74 Å². The zero-order chi connectivity index (χ0) is 15.2. The molecule has 0 fully saturated rings. The number of nitrogens with zero attached hydrogens (tertiary/aromatic N) is 3. The monoisotopic (exact) mass is 288 g/mol. The smallest absolute Gasteiger partial charge is 0.207 e. The maximum Gasteiger partial charge on any atom is 0.207 e. The SMILES string of the molecule is COCCCn1cc(C)nc1Nc1ccc(N(C)C)cc1. The number of nitrogens with one attached hydrogen (secondary N) is 1. The normalized spacial score (nSPS) is 10.7. The Labute approximate surface area is 126 Å². The number of imidazole rings is 1. The minimum absolute atomic E-state index is 0.758. The van der Waals surface area contributed by atoms with E-state index in [1.54, 1.807) is 7.11 Å². The zero-order valence-electron chi connectivity index (χ0n) is 13.3. The Morgan fingerprint density at radius 3 is 2.57 bits per heavy atom. The summed E-state index contributed by atoms with van der Waals surface area (Å²) in [5, 5.41) is 3.38. The first-order valence-electron chi connectivity index (χ1n) is 7.17. The van der Waals surface area contributed by atoms with E-state index >= 15 is 0 Å². The third-order valence-electron chi connectivity index (χ3n) is 3.28. The van der Waals surface area contributed by atoms with Crippen LogP contribution in [0.5, 0.6) is 0 Å². The maximum atomic E-state index is 5.11. The van der Waals surface area contributed by atoms with Crippen LogP contribution >= 0.6 is 0 Å². The fourth-order valence-electron chi connectivity index (χ4n) is 2.17. The van der Waals surface area contributed by atoms with E-state index in [1.165, 1.54) is 5.69 Å². The standard InChI is InChI=1S/C16H24N4O/c1-13-12-20(10-5-11-21-4)16(17-13)18-14-6-8-15(9-7-14)19(2)3/h6-9,12H,5,10-11H2,1-4H3,(H,17,18). The highest BCUT2D eigenvalue weighted by atomic mass is 16.5. The third-order valence-corrected chi connectivity index (χ3v) is 3.28. The van der Waals surface area contributed by atoms with E-state index in [0.717, 1.165) is 36.9 Å². The van der Waals surface area contributed by atoms with Gasteiger partial charge in [-0.15, -0.1) is 0 Å². The van der Waals surface area contributed by atoms with E-state index in [1.807, 2.05) is 21.0 Å². The lowest BCUT2D eigenvalue weighted by atomic mass is 10.2. The third kappa shape index (κ3) is 4.23. The zero-order valence-corrected chi connectivity index (χ0v) is 13.3. The van der Waals surface area contributed by atoms with E-state index in [2.05, 4.69) is 50.2 Å². The Kier molecular flexibility index (Phi) is 5.22. The van der Waals surface area contributed by atoms with Gasteiger partial charge in [-0.3, -0.25) is 0 Å². The summed E-state index contributed by atoms with van der Waals surface area (Å²) in [4.78, 5) is 6.63. The van der Waals surface area contributed by atoms with E-state index in [0.29, 0.717) is 0 Å². The van der Waals surface area contributed by atoms with Crippen LogP contribution in [0.2, 0.25) is 0 Å². The highest BCUT2D eigenvalue weighted by Crippen LogP contribution is 2.20. The van der Waals surface area contributed by atoms with Crippen molar-refractivity contribution in [1.29, 1.82) is 0 Å². The molecule has 0 atom stereocenters. The molecule has 1 aromatic heterocycles. The molecule has 114 valence electrons. The van der Waals surface area contributed by atoms with Crippen LogP contribution in [0.25, 0.3) is 0 Å². The van der Waals surface area contributed by atoms with Gasteiger partial charge >= 0.3 is 0 Å². The fraction of sp³-hybridized carbons (Fsp3) is 0.438. The molecule has 5 nitrogen and oxygen atoms in total. The van der Waals surface area contributed by atoms with Crippen molar-refractivity contribution in [2.24, 2.45) is 0 Å². The van der Waals surface area contributed by atoms with Crippen molar-refractivity contribution in [2.45, 2.75) is 19.9 Å². The van der Waals surface area contributed by atoms with Crippen molar-refractivity contribution in [3.05, 3.63) is 36.2 Å². The van der Waals surface area contributed by atoms with Gasteiger partial charge < -0.3 is 19.5 Å². The second-order valence-corrected chi connectivity index (χ2v) is 5.31. The molecule has 0 amide bonds. The van der Waals surface area contributed by atoms with Crippen LogP contribution in [0.1, 0.15) is 12.1 Å². The average Bonchev–Trinajstić information content (AvgIpc) is 2.80. The van der Waals surface area contributed by atoms with Crippen molar-refractivity contribution in [2.75, 3.05) is 38.0 Å². The molecule has 0 aliphatic carbocycles. The molecule has 0 aliphatic heterocycles. The van der Waals surface area contributed by atoms with Gasteiger partial charge in [0.2, 0.25) is 5.95 Å². The summed E-state index contributed by atoms with van der Waals surface area (Å²) in [5.74, 6) is 0.876. The number of methoxy groups -OCH3 is 1. The Bertz CT molecular complexity index is 560. The Morgan fingerprint density at radius 1 is 1.24 bits per heavy atom. The summed E-state index contributed by atoms with van der Waals surface area (Å²) in [6.45, 7) is 3.66. The summed E-state index contributed by atoms with van der Waals surface area (Å²) in [7, 11) is 5.80. The average molecular weight is 288 g/mol. The second kappa shape index (κ2) is 7.13. The van der Waals surface area contributed by atoms with Crippen LogP contribution in [0.3, 0.4) is 0 Å². The van der Waals surface area contributed by atoms with Gasteiger partial charge in [-0.1, -0.05) is 0 Å². The topological polar surface area (TPSA) is 42.3 Å². The van der Waals surface area contributed by atoms with Gasteiger partial charge in [-0.2, -0.15) is 0 Å². The first-order chi connectivity index (χ1) is 10.1. The van der Waals surface area contributed by atoms with Gasteiger partial charge in [-0.25, -0.2) is 4.98 Å². The van der Waals surface area contributed by atoms with Crippen molar-refractivity contribution in [1.82, 2.24) is 9.55 Å². The summed E-state index contributed by atoms with van der Waals surface area (Å²) >= 11 is 0. The molecule has 1 aromatic carbocycles. The quantitative estimate of drug-likeness (QED) is 0.795. The van der Waals surface area contributed by atoms with Crippen molar-refractivity contribution >= 4 is 17.3 Å². The number of hydrogen-bond donors (Lipinski definition) is 1. The van der Waals surface area contributed by atoms with Crippen LogP contribution in [-0.4, -0.2) is 37.4 Å². The van der Waals surface area contributed by atoms with Gasteiger partial charge in [0, 0.05) is 51.9 Å². The van der Waals surface area contributed by atoms with Crippen LogP contribution in [0, 0.1) is 6.92 Å². The molecule has 5 heteroatoms. The molecule has 21 heavy (non-hydrogen) atoms. The molecule has 0 bridgehead atoms. The minimum atomic E-state index is 0.758. The lowest BCUT2D eigenvalue weighted by Crippen LogP contribution is -2.08. The van der Waals surface area contributed by atoms with Crippen LogP contribution < -0.4 is 10.2 Å². The molecule has 2 rings (SSSR count). The molecule has 0 saturated heterocycles. The predicted molar refractivity (Wildman–Crippen MR) is 87.5 cm³/mol. The summed E-state index contributed by atoms with van der Waals surface area (Å²) < 4.78 is 7.24. The van der Waals surface area contributed by atoms with E-state index < -0.39 is 0 Å². The van der Waals surface area contributed by atoms with E-state index in [9.17, 15) is 0 Å². The molecule has 0 saturated carbocycles. The summed E-state index contributed by atoms with van der Waals surface area (Å²) in [5.41, 5.74) is 3.24. The molecule has 0 aliphatic rings. The lowest BCUT2D eigenvalue weighted by molar-refractivity contribution is 0.190. The van der Waals surface area contributed by atoms with Crippen LogP contribution in [0.15, 0.2) is 30.5 Å². The second-order valence-electron chi connectivity index (χ2n) is 5.31. The molecule has 0 radical (unpaired) electrons. The summed E-state index contributed by atoms with van der Waals surface area (Å²) in [6.07, 6.45) is 3.03. The molecular weight excluding hydrogens is 264 g/mol. The fourth-order valence-corrected chi connectivity index (χ4v) is 2.17. The first kappa shape index (κ1) is 15.4. The molecule has 0 spiro atoms. The van der Waals surface area contributed by atoms with Gasteiger partial charge in [-0.05, 0) is 37.6 Å². The maximum absolute atomic E-state index is 5.11. The van der Waals surface area contributed by atoms with Gasteiger partial charge in [0.15, 0.2) is 0 Å². The van der Waals surface area contributed by atoms with Gasteiger partial charge in [0.05, 0.1) is 5.69 Å².